The van der Waals surface area contributed by atoms with E-state index in [4.69, 9.17) is 33.9 Å². The smallest absolute Gasteiger partial charge is 0.223 e. The van der Waals surface area contributed by atoms with E-state index in [-0.39, 0.29) is 11.1 Å². The van der Waals surface area contributed by atoms with Gasteiger partial charge in [0, 0.05) is 41.0 Å². The second-order valence-electron chi connectivity index (χ2n) is 9.10. The second kappa shape index (κ2) is 9.46. The molecule has 11 heteroatoms. The molecule has 0 radical (unpaired) electrons. The Kier molecular flexibility index (Phi) is 6.48. The zero-order valence-electron chi connectivity index (χ0n) is 19.7. The Balaban J connectivity index is 1.76. The normalized spacial score (nSPS) is 16.3. The minimum atomic E-state index is -1.44. The number of imidazole rings is 1. The highest BCUT2D eigenvalue weighted by molar-refractivity contribution is 7.84. The average Bonchev–Trinajstić information content (AvgIpc) is 3.24. The molecule has 1 aliphatic rings. The van der Waals surface area contributed by atoms with Gasteiger partial charge in [-0.3, -0.25) is 13.6 Å². The topological polar surface area (TPSA) is 107 Å². The Bertz CT molecular complexity index is 1500. The quantitative estimate of drug-likeness (QED) is 0.368. The Morgan fingerprint density at radius 2 is 1.69 bits per heavy atom. The van der Waals surface area contributed by atoms with E-state index in [0.717, 1.165) is 11.3 Å². The SMILES string of the molecule is CS(=O)c1nc(N2CCC(C)(C(N)=O)CC2)c2nc(-c3ccccc3Cl)n(-c3ccc(Cl)cc3)c2n1. The van der Waals surface area contributed by atoms with Gasteiger partial charge in [-0.2, -0.15) is 4.98 Å². The third kappa shape index (κ3) is 4.36. The van der Waals surface area contributed by atoms with Gasteiger partial charge in [-0.1, -0.05) is 42.3 Å². The maximum Gasteiger partial charge on any atom is 0.223 e. The van der Waals surface area contributed by atoms with Gasteiger partial charge >= 0.3 is 0 Å². The van der Waals surface area contributed by atoms with E-state index in [0.29, 0.717) is 58.8 Å². The number of hydrogen-bond donors (Lipinski definition) is 1. The van der Waals surface area contributed by atoms with Crippen LogP contribution in [0.1, 0.15) is 19.8 Å². The standard InChI is InChI=1S/C25H24Cl2N6O2S/c1-25(23(28)34)11-13-32(14-12-25)21-19-22(31-24(30-21)36(2)35)33(16-9-7-15(26)8-10-16)20(29-19)17-5-3-4-6-18(17)27/h3-10H,11-14H2,1-2H3,(H2,28,34). The van der Waals surface area contributed by atoms with E-state index in [9.17, 15) is 9.00 Å². The van der Waals surface area contributed by atoms with Crippen LogP contribution in [0.4, 0.5) is 5.82 Å². The summed E-state index contributed by atoms with van der Waals surface area (Å²) in [6, 6.07) is 14.7. The molecule has 5 rings (SSSR count). The first-order chi connectivity index (χ1) is 17.2. The molecule has 36 heavy (non-hydrogen) atoms. The average molecular weight is 543 g/mol. The number of hydrogen-bond acceptors (Lipinski definition) is 6. The number of anilines is 1. The molecule has 2 aromatic heterocycles. The minimum Gasteiger partial charge on any atom is -0.369 e. The molecule has 3 heterocycles. The molecule has 0 saturated carbocycles. The van der Waals surface area contributed by atoms with Crippen LogP contribution in [-0.2, 0) is 15.6 Å². The minimum absolute atomic E-state index is 0.196. The number of nitrogens with two attached hydrogens (primary N) is 1. The van der Waals surface area contributed by atoms with E-state index >= 15 is 0 Å². The number of carbonyl (C=O) groups is 1. The summed E-state index contributed by atoms with van der Waals surface area (Å²) in [5, 5.41) is 1.33. The number of rotatable bonds is 5. The summed E-state index contributed by atoms with van der Waals surface area (Å²) in [7, 11) is -1.44. The lowest BCUT2D eigenvalue weighted by Gasteiger charge is -2.37. The number of benzene rings is 2. The number of carbonyl (C=O) groups excluding carboxylic acids is 1. The van der Waals surface area contributed by atoms with Crippen LogP contribution >= 0.6 is 23.2 Å². The molecule has 8 nitrogen and oxygen atoms in total. The molecule has 186 valence electrons. The molecular weight excluding hydrogens is 519 g/mol. The summed E-state index contributed by atoms with van der Waals surface area (Å²) in [6.45, 7) is 2.99. The molecule has 0 spiro atoms. The van der Waals surface area contributed by atoms with Crippen molar-refractivity contribution < 1.29 is 9.00 Å². The Labute approximate surface area is 220 Å². The molecule has 2 N–H and O–H groups in total. The van der Waals surface area contributed by atoms with Gasteiger partial charge in [0.2, 0.25) is 11.1 Å². The molecule has 1 fully saturated rings. The lowest BCUT2D eigenvalue weighted by Crippen LogP contribution is -2.45. The van der Waals surface area contributed by atoms with Crippen molar-refractivity contribution in [3.05, 3.63) is 58.6 Å². The van der Waals surface area contributed by atoms with Crippen molar-refractivity contribution in [3.63, 3.8) is 0 Å². The number of piperidine rings is 1. The van der Waals surface area contributed by atoms with Crippen LogP contribution in [0, 0.1) is 5.41 Å². The third-order valence-electron chi connectivity index (χ3n) is 6.69. The van der Waals surface area contributed by atoms with E-state index < -0.39 is 16.2 Å². The van der Waals surface area contributed by atoms with Crippen LogP contribution in [0.15, 0.2) is 53.7 Å². The lowest BCUT2D eigenvalue weighted by atomic mass is 9.80. The number of fused-ring (bicyclic) bond motifs is 1. The van der Waals surface area contributed by atoms with Crippen LogP contribution < -0.4 is 10.6 Å². The van der Waals surface area contributed by atoms with Gasteiger partial charge in [-0.05, 0) is 49.2 Å². The van der Waals surface area contributed by atoms with Crippen molar-refractivity contribution in [1.29, 1.82) is 0 Å². The Morgan fingerprint density at radius 1 is 1.03 bits per heavy atom. The predicted molar refractivity (Wildman–Crippen MR) is 143 cm³/mol. The van der Waals surface area contributed by atoms with Gasteiger partial charge in [0.25, 0.3) is 0 Å². The van der Waals surface area contributed by atoms with Gasteiger partial charge in [0.15, 0.2) is 17.0 Å². The van der Waals surface area contributed by atoms with E-state index in [2.05, 4.69) is 14.9 Å². The molecule has 0 bridgehead atoms. The van der Waals surface area contributed by atoms with Crippen molar-refractivity contribution >= 4 is 56.9 Å². The summed E-state index contributed by atoms with van der Waals surface area (Å²) >= 11 is 12.7. The largest absolute Gasteiger partial charge is 0.369 e. The molecule has 1 amide bonds. The number of primary amides is 1. The van der Waals surface area contributed by atoms with Crippen molar-refractivity contribution in [2.45, 2.75) is 24.9 Å². The molecule has 2 aromatic carbocycles. The highest BCUT2D eigenvalue weighted by Crippen LogP contribution is 2.38. The lowest BCUT2D eigenvalue weighted by molar-refractivity contribution is -0.127. The number of nitrogens with zero attached hydrogens (tertiary/aromatic N) is 5. The molecule has 1 aliphatic heterocycles. The number of amides is 1. The van der Waals surface area contributed by atoms with Crippen LogP contribution in [0.5, 0.6) is 0 Å². The summed E-state index contributed by atoms with van der Waals surface area (Å²) in [5.41, 5.74) is 7.63. The predicted octanol–water partition coefficient (Wildman–Crippen LogP) is 4.62. The van der Waals surface area contributed by atoms with E-state index in [1.165, 1.54) is 0 Å². The monoisotopic (exact) mass is 542 g/mol. The summed E-state index contributed by atoms with van der Waals surface area (Å²) in [6.07, 6.45) is 2.70. The van der Waals surface area contributed by atoms with Crippen molar-refractivity contribution in [2.75, 3.05) is 24.2 Å². The first-order valence-corrected chi connectivity index (χ1v) is 13.7. The number of halogens is 2. The molecular formula is C25H24Cl2N6O2S. The Morgan fingerprint density at radius 3 is 2.31 bits per heavy atom. The molecule has 1 atom stereocenters. The zero-order valence-corrected chi connectivity index (χ0v) is 22.1. The first-order valence-electron chi connectivity index (χ1n) is 11.4. The Hall–Kier alpha value is -3.01. The number of aromatic nitrogens is 4. The fraction of sp³-hybridized carbons (Fsp3) is 0.280. The highest BCUT2D eigenvalue weighted by atomic mass is 35.5. The highest BCUT2D eigenvalue weighted by Gasteiger charge is 2.37. The zero-order chi connectivity index (χ0) is 25.6. The van der Waals surface area contributed by atoms with Crippen LogP contribution in [-0.4, -0.2) is 49.0 Å². The third-order valence-corrected chi connectivity index (χ3v) is 7.96. The van der Waals surface area contributed by atoms with Crippen LogP contribution in [0.25, 0.3) is 28.2 Å². The van der Waals surface area contributed by atoms with Crippen molar-refractivity contribution in [2.24, 2.45) is 11.1 Å². The summed E-state index contributed by atoms with van der Waals surface area (Å²) < 4.78 is 14.5. The molecule has 1 saturated heterocycles. The fourth-order valence-corrected chi connectivity index (χ4v) is 5.17. The summed E-state index contributed by atoms with van der Waals surface area (Å²) in [5.74, 6) is 0.836. The molecule has 1 unspecified atom stereocenters. The van der Waals surface area contributed by atoms with Gasteiger partial charge in [-0.15, -0.1) is 0 Å². The van der Waals surface area contributed by atoms with Gasteiger partial charge < -0.3 is 10.6 Å². The van der Waals surface area contributed by atoms with Gasteiger partial charge in [0.1, 0.15) is 5.82 Å². The van der Waals surface area contributed by atoms with Crippen molar-refractivity contribution in [3.8, 4) is 17.1 Å². The molecule has 4 aromatic rings. The second-order valence-corrected chi connectivity index (χ2v) is 11.2. The first kappa shape index (κ1) is 24.7. The van der Waals surface area contributed by atoms with E-state index in [1.54, 1.807) is 24.5 Å². The summed E-state index contributed by atoms with van der Waals surface area (Å²) in [4.78, 5) is 28.4. The van der Waals surface area contributed by atoms with Gasteiger partial charge in [-0.25, -0.2) is 9.97 Å². The van der Waals surface area contributed by atoms with Crippen molar-refractivity contribution in [1.82, 2.24) is 19.5 Å². The maximum atomic E-state index is 12.6. The van der Waals surface area contributed by atoms with Crippen LogP contribution in [0.2, 0.25) is 10.0 Å². The fourth-order valence-electron chi connectivity index (χ4n) is 4.39. The van der Waals surface area contributed by atoms with Gasteiger partial charge in [0.05, 0.1) is 15.8 Å². The van der Waals surface area contributed by atoms with E-state index in [1.807, 2.05) is 41.8 Å². The van der Waals surface area contributed by atoms with Crippen LogP contribution in [0.3, 0.4) is 0 Å². The molecule has 0 aliphatic carbocycles. The maximum absolute atomic E-state index is 12.6.